The molecule has 0 atom stereocenters. The van der Waals surface area contributed by atoms with E-state index in [1.54, 1.807) is 43.5 Å². The van der Waals surface area contributed by atoms with Gasteiger partial charge in [-0.3, -0.25) is 9.59 Å². The minimum Gasteiger partial charge on any atom is -0.495 e. The summed E-state index contributed by atoms with van der Waals surface area (Å²) in [4.78, 5) is 24.8. The average molecular weight is 460 g/mol. The zero-order chi connectivity index (χ0) is 22.2. The van der Waals surface area contributed by atoms with Gasteiger partial charge in [-0.05, 0) is 31.2 Å². The molecule has 3 aromatic rings. The highest BCUT2D eigenvalue weighted by Crippen LogP contribution is 2.24. The number of carbonyl (C=O) groups excluding carboxylic acids is 2. The molecule has 8 nitrogen and oxygen atoms in total. The standard InChI is InChI=1S/C21H22ClN5O3S/c1-3-27-18(12-19(28)23-15-9-5-4-8-14(15)22)25-26-21(27)31-13-20(29)24-16-10-6-7-11-17(16)30-2/h4-11H,3,12-13H2,1-2H3,(H,23,28)(H,24,29). The maximum Gasteiger partial charge on any atom is 0.234 e. The van der Waals surface area contributed by atoms with Gasteiger partial charge in [-0.1, -0.05) is 47.6 Å². The number of halogens is 1. The molecule has 0 radical (unpaired) electrons. The van der Waals surface area contributed by atoms with Crippen molar-refractivity contribution in [1.82, 2.24) is 14.8 Å². The van der Waals surface area contributed by atoms with E-state index in [1.165, 1.54) is 11.8 Å². The number of para-hydroxylation sites is 3. The van der Waals surface area contributed by atoms with Crippen LogP contribution >= 0.6 is 23.4 Å². The van der Waals surface area contributed by atoms with Crippen molar-refractivity contribution in [2.45, 2.75) is 25.0 Å². The van der Waals surface area contributed by atoms with Crippen LogP contribution in [-0.4, -0.2) is 39.4 Å². The van der Waals surface area contributed by atoms with Crippen LogP contribution < -0.4 is 15.4 Å². The van der Waals surface area contributed by atoms with Gasteiger partial charge in [0.05, 0.1) is 35.7 Å². The number of rotatable bonds is 9. The summed E-state index contributed by atoms with van der Waals surface area (Å²) in [5.41, 5.74) is 1.14. The van der Waals surface area contributed by atoms with E-state index < -0.39 is 0 Å². The van der Waals surface area contributed by atoms with Crippen molar-refractivity contribution in [3.63, 3.8) is 0 Å². The fourth-order valence-corrected chi connectivity index (χ4v) is 3.84. The first-order chi connectivity index (χ1) is 15.0. The molecule has 0 bridgehead atoms. The molecule has 0 fully saturated rings. The van der Waals surface area contributed by atoms with E-state index in [1.807, 2.05) is 23.6 Å². The number of hydrogen-bond acceptors (Lipinski definition) is 6. The smallest absolute Gasteiger partial charge is 0.234 e. The number of ether oxygens (including phenoxy) is 1. The van der Waals surface area contributed by atoms with Crippen molar-refractivity contribution >= 4 is 46.6 Å². The average Bonchev–Trinajstić information content (AvgIpc) is 3.15. The van der Waals surface area contributed by atoms with E-state index in [-0.39, 0.29) is 24.0 Å². The minimum atomic E-state index is -0.249. The van der Waals surface area contributed by atoms with Crippen molar-refractivity contribution in [3.05, 3.63) is 59.4 Å². The van der Waals surface area contributed by atoms with Gasteiger partial charge in [0.2, 0.25) is 11.8 Å². The maximum absolute atomic E-state index is 12.4. The third-order valence-corrected chi connectivity index (χ3v) is 5.59. The van der Waals surface area contributed by atoms with Crippen LogP contribution in [0.3, 0.4) is 0 Å². The van der Waals surface area contributed by atoms with Gasteiger partial charge in [-0.2, -0.15) is 0 Å². The number of thioether (sulfide) groups is 1. The lowest BCUT2D eigenvalue weighted by Gasteiger charge is -2.10. The molecule has 2 N–H and O–H groups in total. The number of amides is 2. The van der Waals surface area contributed by atoms with Gasteiger partial charge in [0, 0.05) is 6.54 Å². The van der Waals surface area contributed by atoms with Gasteiger partial charge < -0.3 is 19.9 Å². The molecule has 0 saturated carbocycles. The highest BCUT2D eigenvalue weighted by molar-refractivity contribution is 7.99. The molecule has 0 aliphatic carbocycles. The van der Waals surface area contributed by atoms with Crippen LogP contribution in [0.25, 0.3) is 0 Å². The van der Waals surface area contributed by atoms with Crippen molar-refractivity contribution < 1.29 is 14.3 Å². The topological polar surface area (TPSA) is 98.1 Å². The third-order valence-electron chi connectivity index (χ3n) is 4.29. The Kier molecular flexibility index (Phi) is 7.91. The number of methoxy groups -OCH3 is 1. The summed E-state index contributed by atoms with van der Waals surface area (Å²) < 4.78 is 7.05. The Morgan fingerprint density at radius 1 is 1.03 bits per heavy atom. The lowest BCUT2D eigenvalue weighted by Crippen LogP contribution is -2.18. The van der Waals surface area contributed by atoms with Crippen LogP contribution in [0.2, 0.25) is 5.02 Å². The van der Waals surface area contributed by atoms with E-state index in [9.17, 15) is 9.59 Å². The number of anilines is 2. The molecule has 0 aliphatic rings. The number of nitrogens with one attached hydrogen (secondary N) is 2. The summed E-state index contributed by atoms with van der Waals surface area (Å²) in [5.74, 6) is 0.796. The van der Waals surface area contributed by atoms with Gasteiger partial charge in [0.25, 0.3) is 0 Å². The van der Waals surface area contributed by atoms with Crippen LogP contribution in [0.15, 0.2) is 53.7 Å². The summed E-state index contributed by atoms with van der Waals surface area (Å²) in [6, 6.07) is 14.2. The molecule has 162 valence electrons. The second-order valence-corrected chi connectivity index (χ2v) is 7.73. The second-order valence-electron chi connectivity index (χ2n) is 6.38. The Labute approximate surface area is 189 Å². The van der Waals surface area contributed by atoms with Crippen LogP contribution in [-0.2, 0) is 22.6 Å². The molecular formula is C21H22ClN5O3S. The Morgan fingerprint density at radius 3 is 2.42 bits per heavy atom. The highest BCUT2D eigenvalue weighted by Gasteiger charge is 2.17. The molecule has 31 heavy (non-hydrogen) atoms. The maximum atomic E-state index is 12.4. The first-order valence-corrected chi connectivity index (χ1v) is 10.9. The quantitative estimate of drug-likeness (QED) is 0.471. The number of aromatic nitrogens is 3. The van der Waals surface area contributed by atoms with E-state index >= 15 is 0 Å². The first-order valence-electron chi connectivity index (χ1n) is 9.54. The fraction of sp³-hybridized carbons (Fsp3) is 0.238. The molecule has 2 aromatic carbocycles. The van der Waals surface area contributed by atoms with E-state index in [0.717, 1.165) is 0 Å². The molecule has 0 unspecified atom stereocenters. The minimum absolute atomic E-state index is 0.0417. The van der Waals surface area contributed by atoms with Crippen LogP contribution in [0.4, 0.5) is 11.4 Å². The van der Waals surface area contributed by atoms with Crippen LogP contribution in [0.1, 0.15) is 12.7 Å². The molecule has 1 aromatic heterocycles. The van der Waals surface area contributed by atoms with Gasteiger partial charge in [-0.25, -0.2) is 0 Å². The number of benzene rings is 2. The Balaban J connectivity index is 1.60. The van der Waals surface area contributed by atoms with E-state index in [4.69, 9.17) is 16.3 Å². The monoisotopic (exact) mass is 459 g/mol. The van der Waals surface area contributed by atoms with Gasteiger partial charge >= 0.3 is 0 Å². The summed E-state index contributed by atoms with van der Waals surface area (Å²) in [6.45, 7) is 2.50. The largest absolute Gasteiger partial charge is 0.495 e. The van der Waals surface area contributed by atoms with Crippen LogP contribution in [0, 0.1) is 0 Å². The van der Waals surface area contributed by atoms with Gasteiger partial charge in [-0.15, -0.1) is 10.2 Å². The summed E-state index contributed by atoms with van der Waals surface area (Å²) in [7, 11) is 1.55. The fourth-order valence-electron chi connectivity index (χ4n) is 2.84. The Bertz CT molecular complexity index is 1070. The van der Waals surface area contributed by atoms with E-state index in [0.29, 0.717) is 39.7 Å². The molecular weight excluding hydrogens is 438 g/mol. The van der Waals surface area contributed by atoms with Crippen LogP contribution in [0.5, 0.6) is 5.75 Å². The van der Waals surface area contributed by atoms with Crippen molar-refractivity contribution in [3.8, 4) is 5.75 Å². The van der Waals surface area contributed by atoms with Crippen molar-refractivity contribution in [2.75, 3.05) is 23.5 Å². The number of hydrogen-bond donors (Lipinski definition) is 2. The third kappa shape index (κ3) is 5.99. The molecule has 0 spiro atoms. The van der Waals surface area contributed by atoms with Gasteiger partial charge in [0.15, 0.2) is 5.16 Å². The molecule has 3 rings (SSSR count). The first kappa shape index (κ1) is 22.6. The predicted octanol–water partition coefficient (Wildman–Crippen LogP) is 3.87. The zero-order valence-corrected chi connectivity index (χ0v) is 18.7. The molecule has 10 heteroatoms. The molecule has 2 amide bonds. The normalized spacial score (nSPS) is 10.5. The summed E-state index contributed by atoms with van der Waals surface area (Å²) >= 11 is 7.34. The molecule has 1 heterocycles. The lowest BCUT2D eigenvalue weighted by atomic mass is 10.3. The SMILES string of the molecule is CCn1c(CC(=O)Nc2ccccc2Cl)nnc1SCC(=O)Nc1ccccc1OC. The van der Waals surface area contributed by atoms with Gasteiger partial charge in [0.1, 0.15) is 11.6 Å². The predicted molar refractivity (Wildman–Crippen MR) is 122 cm³/mol. The van der Waals surface area contributed by atoms with E-state index in [2.05, 4.69) is 20.8 Å². The Morgan fingerprint density at radius 2 is 1.71 bits per heavy atom. The Hall–Kier alpha value is -3.04. The summed E-state index contributed by atoms with van der Waals surface area (Å²) in [5, 5.41) is 14.9. The second kappa shape index (κ2) is 10.8. The summed E-state index contributed by atoms with van der Waals surface area (Å²) in [6.07, 6.45) is 0.0417. The number of nitrogens with zero attached hydrogens (tertiary/aromatic N) is 3. The zero-order valence-electron chi connectivity index (χ0n) is 17.1. The lowest BCUT2D eigenvalue weighted by molar-refractivity contribution is -0.116. The molecule has 0 aliphatic heterocycles. The molecule has 0 saturated heterocycles. The highest BCUT2D eigenvalue weighted by atomic mass is 35.5. The van der Waals surface area contributed by atoms with Crippen molar-refractivity contribution in [2.24, 2.45) is 0 Å². The number of carbonyl (C=O) groups is 2. The van der Waals surface area contributed by atoms with Crippen molar-refractivity contribution in [1.29, 1.82) is 0 Å².